The summed E-state index contributed by atoms with van der Waals surface area (Å²) in [5.74, 6) is -0.186. The quantitative estimate of drug-likeness (QED) is 0.715. The molecule has 2 heteroatoms. The molecule has 1 aliphatic carbocycles. The number of ether oxygens (including phenoxy) is 1. The molecule has 76 valence electrons. The van der Waals surface area contributed by atoms with Gasteiger partial charge in [0, 0.05) is 0 Å². The van der Waals surface area contributed by atoms with Crippen LogP contribution in [0.4, 0.5) is 4.39 Å². The van der Waals surface area contributed by atoms with Crippen molar-refractivity contribution >= 4 is 0 Å². The molecule has 0 heterocycles. The molecule has 0 amide bonds. The zero-order valence-corrected chi connectivity index (χ0v) is 8.21. The van der Waals surface area contributed by atoms with Crippen LogP contribution >= 0.6 is 0 Å². The molecule has 0 aromatic heterocycles. The fraction of sp³-hybridized carbons (Fsp3) is 0.500. The predicted molar refractivity (Wildman–Crippen MR) is 53.4 cm³/mol. The Morgan fingerprint density at radius 3 is 2.43 bits per heavy atom. The van der Waals surface area contributed by atoms with Crippen molar-refractivity contribution in [3.63, 3.8) is 0 Å². The van der Waals surface area contributed by atoms with Gasteiger partial charge in [0.25, 0.3) is 0 Å². The first kappa shape index (κ1) is 9.66. The first-order valence-corrected chi connectivity index (χ1v) is 5.20. The van der Waals surface area contributed by atoms with E-state index in [4.69, 9.17) is 4.74 Å². The standard InChI is InChI=1S/C12H15FO/c13-11-7-5-10(6-8-11)9-14-12-3-1-2-4-12/h5-8,12H,1-4,9H2/i13-1. The van der Waals surface area contributed by atoms with E-state index in [9.17, 15) is 4.39 Å². The summed E-state index contributed by atoms with van der Waals surface area (Å²) in [5.41, 5.74) is 1.05. The summed E-state index contributed by atoms with van der Waals surface area (Å²) in [6, 6.07) is 6.52. The number of rotatable bonds is 3. The zero-order valence-electron chi connectivity index (χ0n) is 8.21. The highest BCUT2D eigenvalue weighted by Crippen LogP contribution is 2.21. The molecule has 0 saturated heterocycles. The third kappa shape index (κ3) is 2.55. The van der Waals surface area contributed by atoms with E-state index in [1.165, 1.54) is 37.8 Å². The Bertz CT molecular complexity index is 275. The molecule has 1 nitrogen and oxygen atoms in total. The number of hydrogen-bond acceptors (Lipinski definition) is 1. The van der Waals surface area contributed by atoms with Gasteiger partial charge < -0.3 is 4.74 Å². The molecule has 0 bridgehead atoms. The molecule has 0 spiro atoms. The first-order valence-electron chi connectivity index (χ1n) is 5.20. The zero-order chi connectivity index (χ0) is 9.80. The minimum absolute atomic E-state index is 0.186. The maximum Gasteiger partial charge on any atom is 0.123 e. The van der Waals surface area contributed by atoms with Gasteiger partial charge in [0.2, 0.25) is 0 Å². The van der Waals surface area contributed by atoms with E-state index in [0.29, 0.717) is 12.7 Å². The average Bonchev–Trinajstić information content (AvgIpc) is 2.70. The summed E-state index contributed by atoms with van der Waals surface area (Å²) in [4.78, 5) is 0. The highest BCUT2D eigenvalue weighted by Gasteiger charge is 2.14. The van der Waals surface area contributed by atoms with Crippen LogP contribution in [0.2, 0.25) is 0 Å². The van der Waals surface area contributed by atoms with Crippen molar-refractivity contribution in [3.05, 3.63) is 35.6 Å². The SMILES string of the molecule is [18F]c1ccc(COC2CCCC2)cc1. The van der Waals surface area contributed by atoms with E-state index < -0.39 is 0 Å². The lowest BCUT2D eigenvalue weighted by molar-refractivity contribution is 0.0457. The predicted octanol–water partition coefficient (Wildman–Crippen LogP) is 3.28. The smallest absolute Gasteiger partial charge is 0.123 e. The van der Waals surface area contributed by atoms with Crippen LogP contribution in [0, 0.1) is 5.82 Å². The van der Waals surface area contributed by atoms with Gasteiger partial charge in [-0.2, -0.15) is 0 Å². The minimum Gasteiger partial charge on any atom is -0.374 e. The molecule has 0 unspecified atom stereocenters. The molecule has 0 radical (unpaired) electrons. The highest BCUT2D eigenvalue weighted by atomic mass is 18.2. The van der Waals surface area contributed by atoms with Gasteiger partial charge in [-0.1, -0.05) is 25.0 Å². The Labute approximate surface area is 83.9 Å². The molecule has 1 saturated carbocycles. The number of halogens is 1. The molecular weight excluding hydrogens is 178 g/mol. The monoisotopic (exact) mass is 193 g/mol. The van der Waals surface area contributed by atoms with Crippen molar-refractivity contribution < 1.29 is 9.13 Å². The fourth-order valence-electron chi connectivity index (χ4n) is 1.85. The second kappa shape index (κ2) is 4.56. The van der Waals surface area contributed by atoms with Crippen molar-refractivity contribution in [1.29, 1.82) is 0 Å². The molecule has 0 N–H and O–H groups in total. The Morgan fingerprint density at radius 2 is 1.79 bits per heavy atom. The third-order valence-corrected chi connectivity index (χ3v) is 2.70. The second-order valence-corrected chi connectivity index (χ2v) is 3.84. The average molecular weight is 193 g/mol. The van der Waals surface area contributed by atoms with Gasteiger partial charge in [0.15, 0.2) is 0 Å². The van der Waals surface area contributed by atoms with Gasteiger partial charge in [-0.25, -0.2) is 4.39 Å². The van der Waals surface area contributed by atoms with E-state index in [1.807, 2.05) is 0 Å². The summed E-state index contributed by atoms with van der Waals surface area (Å²) in [6.45, 7) is 0.616. The molecular formula is C12H15FO. The van der Waals surface area contributed by atoms with E-state index in [0.717, 1.165) is 5.56 Å². The van der Waals surface area contributed by atoms with Crippen LogP contribution in [-0.2, 0) is 11.3 Å². The van der Waals surface area contributed by atoms with Crippen molar-refractivity contribution in [1.82, 2.24) is 0 Å². The molecule has 1 aliphatic rings. The van der Waals surface area contributed by atoms with E-state index in [2.05, 4.69) is 0 Å². The first-order chi connectivity index (χ1) is 6.84. The highest BCUT2D eigenvalue weighted by molar-refractivity contribution is 5.14. The van der Waals surface area contributed by atoms with Crippen LogP contribution in [0.1, 0.15) is 31.2 Å². The lowest BCUT2D eigenvalue weighted by Crippen LogP contribution is -2.06. The van der Waals surface area contributed by atoms with E-state index >= 15 is 0 Å². The summed E-state index contributed by atoms with van der Waals surface area (Å²) in [7, 11) is 0. The van der Waals surface area contributed by atoms with Crippen molar-refractivity contribution in [2.24, 2.45) is 0 Å². The van der Waals surface area contributed by atoms with Gasteiger partial charge >= 0.3 is 0 Å². The Hall–Kier alpha value is -0.890. The normalized spacial score (nSPS) is 17.5. The molecule has 1 fully saturated rings. The second-order valence-electron chi connectivity index (χ2n) is 3.84. The molecule has 14 heavy (non-hydrogen) atoms. The molecule has 0 atom stereocenters. The third-order valence-electron chi connectivity index (χ3n) is 2.70. The Morgan fingerprint density at radius 1 is 1.14 bits per heavy atom. The summed E-state index contributed by atoms with van der Waals surface area (Å²) >= 11 is 0. The van der Waals surface area contributed by atoms with Gasteiger partial charge in [-0.3, -0.25) is 0 Å². The maximum atomic E-state index is 12.6. The van der Waals surface area contributed by atoms with Crippen LogP contribution in [0.5, 0.6) is 0 Å². The lowest BCUT2D eigenvalue weighted by Gasteiger charge is -2.10. The molecule has 0 aliphatic heterocycles. The van der Waals surface area contributed by atoms with E-state index in [1.54, 1.807) is 12.1 Å². The van der Waals surface area contributed by atoms with Crippen LogP contribution < -0.4 is 0 Å². The van der Waals surface area contributed by atoms with Crippen molar-refractivity contribution in [3.8, 4) is 0 Å². The maximum absolute atomic E-state index is 12.6. The topological polar surface area (TPSA) is 9.23 Å². The van der Waals surface area contributed by atoms with Crippen LogP contribution in [0.25, 0.3) is 0 Å². The summed E-state index contributed by atoms with van der Waals surface area (Å²) in [6.07, 6.45) is 5.37. The van der Waals surface area contributed by atoms with Crippen LogP contribution in [0.15, 0.2) is 24.3 Å². The van der Waals surface area contributed by atoms with Crippen LogP contribution in [-0.4, -0.2) is 6.10 Å². The fourth-order valence-corrected chi connectivity index (χ4v) is 1.85. The number of hydrogen-bond donors (Lipinski definition) is 0. The Kier molecular flexibility index (Phi) is 3.14. The Balaban J connectivity index is 1.82. The number of benzene rings is 1. The van der Waals surface area contributed by atoms with Crippen molar-refractivity contribution in [2.75, 3.05) is 0 Å². The van der Waals surface area contributed by atoms with Crippen molar-refractivity contribution in [2.45, 2.75) is 38.4 Å². The largest absolute Gasteiger partial charge is 0.374 e. The molecule has 1 aromatic carbocycles. The van der Waals surface area contributed by atoms with Gasteiger partial charge in [-0.05, 0) is 30.5 Å². The van der Waals surface area contributed by atoms with Gasteiger partial charge in [0.05, 0.1) is 12.7 Å². The van der Waals surface area contributed by atoms with Gasteiger partial charge in [-0.15, -0.1) is 0 Å². The lowest BCUT2D eigenvalue weighted by atomic mass is 10.2. The summed E-state index contributed by atoms with van der Waals surface area (Å²) in [5, 5.41) is 0. The minimum atomic E-state index is -0.186. The summed E-state index contributed by atoms with van der Waals surface area (Å²) < 4.78 is 18.3. The van der Waals surface area contributed by atoms with Crippen LogP contribution in [0.3, 0.4) is 0 Å². The molecule has 1 aromatic rings. The molecule has 2 rings (SSSR count). The van der Waals surface area contributed by atoms with Gasteiger partial charge in [0.1, 0.15) is 5.82 Å². The van der Waals surface area contributed by atoms with E-state index in [-0.39, 0.29) is 5.82 Å².